The molecule has 0 heterocycles. The van der Waals surface area contributed by atoms with Crippen LogP contribution in [-0.2, 0) is 10.0 Å². The normalized spacial score (nSPS) is 17.7. The summed E-state index contributed by atoms with van der Waals surface area (Å²) in [6.45, 7) is 0. The van der Waals surface area contributed by atoms with Crippen molar-refractivity contribution in [3.05, 3.63) is 23.8 Å². The van der Waals surface area contributed by atoms with E-state index >= 15 is 0 Å². The molecule has 1 fully saturated rings. The van der Waals surface area contributed by atoms with E-state index in [9.17, 15) is 8.42 Å². The number of nitrogen functional groups attached to an aromatic ring is 1. The van der Waals surface area contributed by atoms with Gasteiger partial charge in [0.25, 0.3) is 0 Å². The van der Waals surface area contributed by atoms with Crippen LogP contribution in [0.3, 0.4) is 0 Å². The van der Waals surface area contributed by atoms with Crippen LogP contribution in [0.4, 0.5) is 5.69 Å². The lowest BCUT2D eigenvalue weighted by Crippen LogP contribution is -2.35. The van der Waals surface area contributed by atoms with E-state index in [0.29, 0.717) is 5.69 Å². The Labute approximate surface area is 126 Å². The van der Waals surface area contributed by atoms with Crippen molar-refractivity contribution in [1.82, 2.24) is 4.72 Å². The van der Waals surface area contributed by atoms with Crippen LogP contribution >= 0.6 is 0 Å². The monoisotopic (exact) mass is 307 g/mol. The largest absolute Gasteiger partial charge is 0.399 e. The first-order valence-electron chi connectivity index (χ1n) is 7.35. The predicted molar refractivity (Wildman–Crippen MR) is 82.0 cm³/mol. The molecule has 6 heteroatoms. The van der Waals surface area contributed by atoms with E-state index in [2.05, 4.69) is 4.72 Å². The summed E-state index contributed by atoms with van der Waals surface area (Å²) in [5.74, 6) is 0. The fourth-order valence-electron chi connectivity index (χ4n) is 2.73. The van der Waals surface area contributed by atoms with Crippen LogP contribution < -0.4 is 10.5 Å². The van der Waals surface area contributed by atoms with Gasteiger partial charge in [-0.3, -0.25) is 0 Å². The van der Waals surface area contributed by atoms with Crippen LogP contribution in [0.1, 0.15) is 50.5 Å². The highest BCUT2D eigenvalue weighted by Crippen LogP contribution is 2.22. The summed E-state index contributed by atoms with van der Waals surface area (Å²) in [6.07, 6.45) is 7.34. The molecule has 0 atom stereocenters. The minimum absolute atomic E-state index is 0.0151. The standard InChI is InChI=1S/C15H21N3O2S/c16-11-12-10-13(17)8-9-15(12)21(19,20)18-14-6-4-2-1-3-5-7-14/h8-10,14,18H,1-7,17H2. The number of rotatable bonds is 3. The van der Waals surface area contributed by atoms with Crippen LogP contribution in [0.25, 0.3) is 0 Å². The van der Waals surface area contributed by atoms with Gasteiger partial charge in [0.15, 0.2) is 0 Å². The Morgan fingerprint density at radius 1 is 1.14 bits per heavy atom. The highest BCUT2D eigenvalue weighted by Gasteiger charge is 2.23. The fourth-order valence-corrected chi connectivity index (χ4v) is 4.17. The minimum Gasteiger partial charge on any atom is -0.399 e. The number of hydrogen-bond acceptors (Lipinski definition) is 4. The number of nitrogens with one attached hydrogen (secondary N) is 1. The van der Waals surface area contributed by atoms with Gasteiger partial charge in [0, 0.05) is 11.7 Å². The number of sulfonamides is 1. The number of benzene rings is 1. The molecular formula is C15H21N3O2S. The molecule has 1 aromatic rings. The highest BCUT2D eigenvalue weighted by atomic mass is 32.2. The molecule has 0 spiro atoms. The van der Waals surface area contributed by atoms with Crippen molar-refractivity contribution < 1.29 is 8.42 Å². The summed E-state index contributed by atoms with van der Waals surface area (Å²) in [5, 5.41) is 9.10. The molecule has 0 bridgehead atoms. The second kappa shape index (κ2) is 6.92. The first-order valence-corrected chi connectivity index (χ1v) is 8.83. The molecule has 0 aliphatic heterocycles. The zero-order valence-electron chi connectivity index (χ0n) is 12.0. The van der Waals surface area contributed by atoms with Crippen molar-refractivity contribution in [2.45, 2.75) is 55.9 Å². The first-order chi connectivity index (χ1) is 10.0. The van der Waals surface area contributed by atoms with Gasteiger partial charge in [0.05, 0.1) is 10.5 Å². The molecule has 1 saturated carbocycles. The molecule has 5 nitrogen and oxygen atoms in total. The number of anilines is 1. The van der Waals surface area contributed by atoms with Gasteiger partial charge in [-0.2, -0.15) is 5.26 Å². The average molecular weight is 307 g/mol. The summed E-state index contributed by atoms with van der Waals surface area (Å²) in [7, 11) is -3.68. The molecule has 0 amide bonds. The molecule has 3 N–H and O–H groups in total. The smallest absolute Gasteiger partial charge is 0.242 e. The van der Waals surface area contributed by atoms with Crippen molar-refractivity contribution in [3.63, 3.8) is 0 Å². The van der Waals surface area contributed by atoms with Crippen LogP contribution in [0.5, 0.6) is 0 Å². The topological polar surface area (TPSA) is 96.0 Å². The van der Waals surface area contributed by atoms with E-state index in [-0.39, 0.29) is 16.5 Å². The molecule has 114 valence electrons. The molecule has 2 rings (SSSR count). The van der Waals surface area contributed by atoms with E-state index < -0.39 is 10.0 Å². The Morgan fingerprint density at radius 2 is 1.76 bits per heavy atom. The maximum absolute atomic E-state index is 12.5. The highest BCUT2D eigenvalue weighted by molar-refractivity contribution is 7.89. The van der Waals surface area contributed by atoms with Crippen molar-refractivity contribution in [3.8, 4) is 6.07 Å². The summed E-state index contributed by atoms with van der Waals surface area (Å²) in [6, 6.07) is 6.17. The Hall–Kier alpha value is -1.58. The molecule has 21 heavy (non-hydrogen) atoms. The van der Waals surface area contributed by atoms with Gasteiger partial charge in [-0.25, -0.2) is 13.1 Å². The summed E-state index contributed by atoms with van der Waals surface area (Å²) < 4.78 is 27.7. The SMILES string of the molecule is N#Cc1cc(N)ccc1S(=O)(=O)NC1CCCCCCC1. The predicted octanol–water partition coefficient (Wildman–Crippen LogP) is 2.53. The molecule has 0 aromatic heterocycles. The second-order valence-electron chi connectivity index (χ2n) is 5.53. The van der Waals surface area contributed by atoms with Crippen molar-refractivity contribution >= 4 is 15.7 Å². The molecule has 0 unspecified atom stereocenters. The van der Waals surface area contributed by atoms with E-state index in [1.807, 2.05) is 6.07 Å². The quantitative estimate of drug-likeness (QED) is 0.839. The van der Waals surface area contributed by atoms with Crippen molar-refractivity contribution in [2.24, 2.45) is 0 Å². The Kier molecular flexibility index (Phi) is 5.21. The second-order valence-corrected chi connectivity index (χ2v) is 7.21. The molecule has 0 saturated heterocycles. The number of nitrogens with two attached hydrogens (primary N) is 1. The Morgan fingerprint density at radius 3 is 2.38 bits per heavy atom. The van der Waals surface area contributed by atoms with Gasteiger partial charge in [0.2, 0.25) is 10.0 Å². The maximum atomic E-state index is 12.5. The van der Waals surface area contributed by atoms with Gasteiger partial charge in [-0.15, -0.1) is 0 Å². The Balaban J connectivity index is 2.19. The van der Waals surface area contributed by atoms with Gasteiger partial charge >= 0.3 is 0 Å². The number of nitriles is 1. The third-order valence-corrected chi connectivity index (χ3v) is 5.42. The van der Waals surface area contributed by atoms with Gasteiger partial charge < -0.3 is 5.73 Å². The van der Waals surface area contributed by atoms with E-state index in [1.54, 1.807) is 0 Å². The van der Waals surface area contributed by atoms with E-state index in [1.165, 1.54) is 24.6 Å². The lowest BCUT2D eigenvalue weighted by molar-refractivity contribution is 0.426. The van der Waals surface area contributed by atoms with Crippen LogP contribution in [0.15, 0.2) is 23.1 Å². The molecule has 1 aliphatic rings. The van der Waals surface area contributed by atoms with Crippen LogP contribution in [-0.4, -0.2) is 14.5 Å². The first kappa shape index (κ1) is 15.8. The maximum Gasteiger partial charge on any atom is 0.242 e. The average Bonchev–Trinajstić information content (AvgIpc) is 2.41. The zero-order chi connectivity index (χ0) is 15.3. The summed E-state index contributed by atoms with van der Waals surface area (Å²) >= 11 is 0. The zero-order valence-corrected chi connectivity index (χ0v) is 12.8. The summed E-state index contributed by atoms with van der Waals surface area (Å²) in [5.41, 5.74) is 6.08. The lowest BCUT2D eigenvalue weighted by atomic mass is 9.97. The van der Waals surface area contributed by atoms with E-state index in [0.717, 1.165) is 38.5 Å². The molecule has 0 radical (unpaired) electrons. The third-order valence-electron chi connectivity index (χ3n) is 3.84. The van der Waals surface area contributed by atoms with Crippen molar-refractivity contribution in [1.29, 1.82) is 5.26 Å². The molecular weight excluding hydrogens is 286 g/mol. The summed E-state index contributed by atoms with van der Waals surface area (Å²) in [4.78, 5) is 0.0151. The molecule has 1 aliphatic carbocycles. The van der Waals surface area contributed by atoms with Gasteiger partial charge in [-0.05, 0) is 31.0 Å². The van der Waals surface area contributed by atoms with E-state index in [4.69, 9.17) is 11.0 Å². The number of hydrogen-bond donors (Lipinski definition) is 2. The fraction of sp³-hybridized carbons (Fsp3) is 0.533. The van der Waals surface area contributed by atoms with Crippen LogP contribution in [0.2, 0.25) is 0 Å². The van der Waals surface area contributed by atoms with Gasteiger partial charge in [-0.1, -0.05) is 32.1 Å². The minimum atomic E-state index is -3.68. The Bertz CT molecular complexity index is 627. The lowest BCUT2D eigenvalue weighted by Gasteiger charge is -2.21. The third kappa shape index (κ3) is 4.19. The van der Waals surface area contributed by atoms with Crippen molar-refractivity contribution in [2.75, 3.05) is 5.73 Å². The van der Waals surface area contributed by atoms with Gasteiger partial charge in [0.1, 0.15) is 6.07 Å². The van der Waals surface area contributed by atoms with Crippen LogP contribution in [0, 0.1) is 11.3 Å². The molecule has 1 aromatic carbocycles. The number of nitrogens with zero attached hydrogens (tertiary/aromatic N) is 1.